The number of aliphatic hydroxyl groups is 2. The minimum absolute atomic E-state index is 0.0122. The van der Waals surface area contributed by atoms with Crippen molar-refractivity contribution in [3.05, 3.63) is 71.9 Å². The van der Waals surface area contributed by atoms with Crippen LogP contribution in [0.25, 0.3) is 0 Å². The van der Waals surface area contributed by atoms with Crippen LogP contribution < -0.4 is 0 Å². The van der Waals surface area contributed by atoms with E-state index in [-0.39, 0.29) is 24.1 Å². The molecule has 7 atom stereocenters. The van der Waals surface area contributed by atoms with Gasteiger partial charge in [0.25, 0.3) is 0 Å². The highest BCUT2D eigenvalue weighted by Crippen LogP contribution is 2.28. The summed E-state index contributed by atoms with van der Waals surface area (Å²) in [6, 6.07) is 0. The Hall–Kier alpha value is -2.21. The third-order valence-electron chi connectivity index (χ3n) is 6.04. The average Bonchev–Trinajstić information content (AvgIpc) is 2.75. The molecule has 0 aliphatic carbocycles. The maximum Gasteiger partial charge on any atom is 0.331 e. The molecule has 0 aromatic carbocycles. The minimum atomic E-state index is -0.766. The van der Waals surface area contributed by atoms with Crippen LogP contribution >= 0.6 is 0 Å². The predicted molar refractivity (Wildman–Crippen MR) is 132 cm³/mol. The second-order valence-electron chi connectivity index (χ2n) is 9.28. The van der Waals surface area contributed by atoms with Crippen LogP contribution in [-0.2, 0) is 14.3 Å². The van der Waals surface area contributed by atoms with Crippen LogP contribution in [0.3, 0.4) is 0 Å². The normalized spacial score (nSPS) is 31.5. The number of carbonyl (C=O) groups is 1. The second kappa shape index (κ2) is 13.5. The molecule has 0 radical (unpaired) electrons. The third kappa shape index (κ3) is 9.28. The number of ether oxygens (including phenoxy) is 2. The summed E-state index contributed by atoms with van der Waals surface area (Å²) in [5.41, 5.74) is 2.33. The quantitative estimate of drug-likeness (QED) is 0.291. The van der Waals surface area contributed by atoms with E-state index in [4.69, 9.17) is 9.47 Å². The van der Waals surface area contributed by atoms with E-state index in [1.807, 2.05) is 63.3 Å². The Labute approximate surface area is 198 Å². The molecule has 0 aromatic rings. The van der Waals surface area contributed by atoms with Crippen LogP contribution in [0.2, 0.25) is 0 Å². The van der Waals surface area contributed by atoms with E-state index in [1.54, 1.807) is 6.08 Å². The van der Waals surface area contributed by atoms with Crippen molar-refractivity contribution in [2.24, 2.45) is 11.8 Å². The smallest absolute Gasteiger partial charge is 0.331 e. The number of rotatable bonds is 9. The van der Waals surface area contributed by atoms with Crippen molar-refractivity contribution >= 4 is 5.97 Å². The van der Waals surface area contributed by atoms with Gasteiger partial charge in [0.2, 0.25) is 0 Å². The monoisotopic (exact) mass is 456 g/mol. The molecule has 33 heavy (non-hydrogen) atoms. The molecule has 0 amide bonds. The van der Waals surface area contributed by atoms with Gasteiger partial charge < -0.3 is 19.7 Å². The lowest BCUT2D eigenvalue weighted by atomic mass is 9.88. The van der Waals surface area contributed by atoms with E-state index in [9.17, 15) is 15.0 Å². The van der Waals surface area contributed by atoms with E-state index >= 15 is 0 Å². The van der Waals surface area contributed by atoms with Crippen molar-refractivity contribution in [1.29, 1.82) is 0 Å². The molecular formula is C28H40O5. The summed E-state index contributed by atoms with van der Waals surface area (Å²) in [4.78, 5) is 11.3. The van der Waals surface area contributed by atoms with Gasteiger partial charge in [-0.3, -0.25) is 0 Å². The van der Waals surface area contributed by atoms with Gasteiger partial charge in [-0.05, 0) is 39.2 Å². The first-order valence-corrected chi connectivity index (χ1v) is 11.9. The van der Waals surface area contributed by atoms with Crippen LogP contribution in [0.1, 0.15) is 53.9 Å². The molecule has 0 bridgehead atoms. The number of cyclic esters (lactones) is 1. The molecule has 1 fully saturated rings. The molecule has 2 rings (SSSR count). The highest BCUT2D eigenvalue weighted by molar-refractivity contribution is 5.82. The maximum absolute atomic E-state index is 11.3. The topological polar surface area (TPSA) is 76.0 Å². The van der Waals surface area contributed by atoms with Gasteiger partial charge in [-0.15, -0.1) is 0 Å². The zero-order valence-corrected chi connectivity index (χ0v) is 20.6. The molecule has 1 saturated heterocycles. The Morgan fingerprint density at radius 2 is 2.06 bits per heavy atom. The van der Waals surface area contributed by atoms with Gasteiger partial charge in [-0.2, -0.15) is 0 Å². The molecule has 182 valence electrons. The van der Waals surface area contributed by atoms with Gasteiger partial charge >= 0.3 is 5.97 Å². The molecule has 2 heterocycles. The predicted octanol–water partition coefficient (Wildman–Crippen LogP) is 4.98. The fourth-order valence-electron chi connectivity index (χ4n) is 4.19. The third-order valence-corrected chi connectivity index (χ3v) is 6.04. The molecule has 0 spiro atoms. The van der Waals surface area contributed by atoms with E-state index in [2.05, 4.69) is 19.9 Å². The van der Waals surface area contributed by atoms with Crippen molar-refractivity contribution in [2.75, 3.05) is 0 Å². The zero-order chi connectivity index (χ0) is 24.4. The van der Waals surface area contributed by atoms with Crippen molar-refractivity contribution in [1.82, 2.24) is 0 Å². The Balaban J connectivity index is 1.85. The maximum atomic E-state index is 11.3. The first-order chi connectivity index (χ1) is 15.7. The number of aliphatic hydroxyl groups excluding tert-OH is 2. The van der Waals surface area contributed by atoms with Crippen LogP contribution in [0, 0.1) is 11.8 Å². The van der Waals surface area contributed by atoms with Gasteiger partial charge in [-0.1, -0.05) is 73.6 Å². The Bertz CT molecular complexity index is 816. The number of allylic oxidation sites excluding steroid dienone is 7. The molecule has 5 heteroatoms. The SMILES string of the molecule is C/C=C/[C@@H]1O[C@H]([C@H](O)/C=C/C=C(\C)C[C@@H](C)/C=C(/C)C=C[C@H]2CC=CC(=O)O2)C[C@@H](O)[C@@H]1C. The Morgan fingerprint density at radius 3 is 2.76 bits per heavy atom. The molecule has 5 nitrogen and oxygen atoms in total. The molecule has 0 aromatic heterocycles. The van der Waals surface area contributed by atoms with Gasteiger partial charge in [0.05, 0.1) is 24.4 Å². The molecule has 2 aliphatic heterocycles. The van der Waals surface area contributed by atoms with Gasteiger partial charge in [0, 0.05) is 24.8 Å². The Kier molecular flexibility index (Phi) is 11.0. The average molecular weight is 457 g/mol. The van der Waals surface area contributed by atoms with E-state index in [0.29, 0.717) is 18.8 Å². The lowest BCUT2D eigenvalue weighted by molar-refractivity contribution is -0.141. The van der Waals surface area contributed by atoms with Gasteiger partial charge in [-0.25, -0.2) is 4.79 Å². The van der Waals surface area contributed by atoms with Crippen LogP contribution in [0.15, 0.2) is 71.9 Å². The van der Waals surface area contributed by atoms with Gasteiger partial charge in [0.15, 0.2) is 0 Å². The summed E-state index contributed by atoms with van der Waals surface area (Å²) in [6.45, 7) is 10.2. The lowest BCUT2D eigenvalue weighted by Gasteiger charge is -2.38. The van der Waals surface area contributed by atoms with Crippen LogP contribution in [0.4, 0.5) is 0 Å². The van der Waals surface area contributed by atoms with Crippen molar-refractivity contribution in [3.63, 3.8) is 0 Å². The number of carbonyl (C=O) groups excluding carboxylic acids is 1. The highest BCUT2D eigenvalue weighted by Gasteiger charge is 2.35. The number of hydrogen-bond acceptors (Lipinski definition) is 5. The lowest BCUT2D eigenvalue weighted by Crippen LogP contribution is -2.46. The summed E-state index contributed by atoms with van der Waals surface area (Å²) in [5.74, 6) is 0.0688. The first kappa shape index (κ1) is 27.0. The van der Waals surface area contributed by atoms with Gasteiger partial charge in [0.1, 0.15) is 6.10 Å². The molecular weight excluding hydrogens is 416 g/mol. The summed E-state index contributed by atoms with van der Waals surface area (Å²) in [5, 5.41) is 20.8. The highest BCUT2D eigenvalue weighted by atomic mass is 16.5. The summed E-state index contributed by atoms with van der Waals surface area (Å²) >= 11 is 0. The summed E-state index contributed by atoms with van der Waals surface area (Å²) in [7, 11) is 0. The van der Waals surface area contributed by atoms with E-state index in [0.717, 1.165) is 12.0 Å². The fraction of sp³-hybridized carbons (Fsp3) is 0.536. The largest absolute Gasteiger partial charge is 0.455 e. The van der Waals surface area contributed by atoms with Crippen molar-refractivity contribution in [3.8, 4) is 0 Å². The molecule has 2 aliphatic rings. The first-order valence-electron chi connectivity index (χ1n) is 11.9. The zero-order valence-electron chi connectivity index (χ0n) is 20.6. The van der Waals surface area contributed by atoms with E-state index in [1.165, 1.54) is 11.6 Å². The van der Waals surface area contributed by atoms with Crippen molar-refractivity contribution < 1.29 is 24.5 Å². The minimum Gasteiger partial charge on any atom is -0.455 e. The molecule has 0 unspecified atom stereocenters. The van der Waals surface area contributed by atoms with Crippen LogP contribution in [-0.4, -0.2) is 46.7 Å². The second-order valence-corrected chi connectivity index (χ2v) is 9.28. The summed E-state index contributed by atoms with van der Waals surface area (Å²) < 4.78 is 11.2. The Morgan fingerprint density at radius 1 is 1.30 bits per heavy atom. The summed E-state index contributed by atoms with van der Waals surface area (Å²) in [6.07, 6.45) is 18.9. The fourth-order valence-corrected chi connectivity index (χ4v) is 4.19. The van der Waals surface area contributed by atoms with Crippen molar-refractivity contribution in [2.45, 2.75) is 84.4 Å². The number of esters is 1. The van der Waals surface area contributed by atoms with Crippen LogP contribution in [0.5, 0.6) is 0 Å². The number of hydrogen-bond donors (Lipinski definition) is 2. The molecule has 0 saturated carbocycles. The molecule has 2 N–H and O–H groups in total. The standard InChI is InChI=1S/C28H40O5/c1-6-9-26-22(5)25(30)18-27(33-26)24(29)12-7-10-19(2)16-21(4)17-20(3)14-15-23-11-8-13-28(31)32-23/h6-10,12-15,17,21-27,29-30H,11,16,18H2,1-5H3/b9-6+,12-7+,15-14?,19-10+,20-17-/t21-,22+,23-,24-,25-,26+,27+/m1/s1. The van der Waals surface area contributed by atoms with E-state index < -0.39 is 18.3 Å².